The van der Waals surface area contributed by atoms with Crippen LogP contribution in [0.2, 0.25) is 5.02 Å². The highest BCUT2D eigenvalue weighted by Gasteiger charge is 2.54. The number of nitrogens with one attached hydrogen (secondary N) is 1. The zero-order chi connectivity index (χ0) is 16.5. The van der Waals surface area contributed by atoms with Crippen LogP contribution in [0.3, 0.4) is 0 Å². The molecule has 4 bridgehead atoms. The average molecular weight is 345 g/mol. The highest BCUT2D eigenvalue weighted by molar-refractivity contribution is 6.32. The van der Waals surface area contributed by atoms with Gasteiger partial charge in [0.05, 0.1) is 5.02 Å². The van der Waals surface area contributed by atoms with Crippen LogP contribution in [-0.2, 0) is 0 Å². The quantitative estimate of drug-likeness (QED) is 0.876. The topological polar surface area (TPSA) is 68.1 Å². The van der Waals surface area contributed by atoms with Crippen molar-refractivity contribution in [3.05, 3.63) is 39.8 Å². The first-order valence-electron chi connectivity index (χ1n) is 8.77. The average Bonchev–Trinajstić information content (AvgIpc) is 2.51. The number of benzene rings is 1. The molecule has 1 aromatic carbocycles. The second-order valence-corrected chi connectivity index (χ2v) is 8.50. The summed E-state index contributed by atoms with van der Waals surface area (Å²) in [5.74, 6) is 2.54. The molecular weight excluding hydrogens is 324 g/mol. The van der Waals surface area contributed by atoms with Gasteiger partial charge in [-0.2, -0.15) is 0 Å². The maximum Gasteiger partial charge on any atom is 0.255 e. The molecule has 1 heterocycles. The number of nitrogens with two attached hydrogens (primary N) is 1. The SMILES string of the molecule is NC12CC3C[C@H](C1)C(Oc1cc4cc[nH]c(=O)c4cc1Cl)[C@@H](C3)C2. The van der Waals surface area contributed by atoms with Crippen LogP contribution in [0.25, 0.3) is 10.8 Å². The number of H-pyrrole nitrogens is 1. The summed E-state index contributed by atoms with van der Waals surface area (Å²) in [7, 11) is 0. The van der Waals surface area contributed by atoms with Crippen molar-refractivity contribution in [2.45, 2.75) is 43.7 Å². The summed E-state index contributed by atoms with van der Waals surface area (Å²) in [5, 5.41) is 1.97. The predicted octanol–water partition coefficient (Wildman–Crippen LogP) is 3.47. The summed E-state index contributed by atoms with van der Waals surface area (Å²) in [6.45, 7) is 0. The molecule has 0 aliphatic heterocycles. The van der Waals surface area contributed by atoms with Gasteiger partial charge in [0.2, 0.25) is 0 Å². The van der Waals surface area contributed by atoms with Gasteiger partial charge in [-0.1, -0.05) is 11.6 Å². The fraction of sp³-hybridized carbons (Fsp3) is 0.526. The molecule has 0 amide bonds. The van der Waals surface area contributed by atoms with Gasteiger partial charge in [0, 0.05) is 17.1 Å². The first-order valence-corrected chi connectivity index (χ1v) is 9.15. The minimum absolute atomic E-state index is 0.0385. The number of aromatic nitrogens is 1. The van der Waals surface area contributed by atoms with Crippen LogP contribution in [-0.4, -0.2) is 16.6 Å². The van der Waals surface area contributed by atoms with Crippen LogP contribution in [0.15, 0.2) is 29.2 Å². The van der Waals surface area contributed by atoms with Crippen molar-refractivity contribution >= 4 is 22.4 Å². The number of halogens is 1. The molecule has 4 saturated carbocycles. The normalized spacial score (nSPS) is 37.1. The summed E-state index contributed by atoms with van der Waals surface area (Å²) in [4.78, 5) is 14.6. The number of rotatable bonds is 2. The Bertz CT molecular complexity index is 861. The standard InChI is InChI=1S/C19H21ClN2O2/c20-15-6-14-11(1-2-22-18(14)23)5-16(15)24-17-12-3-10-4-13(17)9-19(21,7-10)8-12/h1-2,5-6,10,12-13,17H,3-4,7-9,21H2,(H,22,23)/t10?,12-,13+,17?,19?. The molecule has 3 N–H and O–H groups in total. The highest BCUT2D eigenvalue weighted by atomic mass is 35.5. The largest absolute Gasteiger partial charge is 0.488 e. The number of hydrogen-bond acceptors (Lipinski definition) is 3. The van der Waals surface area contributed by atoms with Crippen LogP contribution in [0.4, 0.5) is 0 Å². The summed E-state index contributed by atoms with van der Waals surface area (Å²) in [5.41, 5.74) is 6.49. The second-order valence-electron chi connectivity index (χ2n) is 8.09. The van der Waals surface area contributed by atoms with Gasteiger partial charge in [-0.05, 0) is 73.4 Å². The van der Waals surface area contributed by atoms with Crippen LogP contribution in [0.5, 0.6) is 5.75 Å². The minimum atomic E-state index is -0.124. The van der Waals surface area contributed by atoms with Crippen LogP contribution in [0.1, 0.15) is 32.1 Å². The van der Waals surface area contributed by atoms with E-state index in [1.807, 2.05) is 12.1 Å². The molecule has 4 nitrogen and oxygen atoms in total. The van der Waals surface area contributed by atoms with Gasteiger partial charge in [-0.15, -0.1) is 0 Å². The summed E-state index contributed by atoms with van der Waals surface area (Å²) in [6, 6.07) is 5.49. The molecule has 4 fully saturated rings. The van der Waals surface area contributed by atoms with Gasteiger partial charge in [0.1, 0.15) is 11.9 Å². The molecule has 5 atom stereocenters. The lowest BCUT2D eigenvalue weighted by molar-refractivity contribution is -0.0894. The van der Waals surface area contributed by atoms with Gasteiger partial charge in [-0.3, -0.25) is 4.79 Å². The summed E-state index contributed by atoms with van der Waals surface area (Å²) < 4.78 is 6.42. The third kappa shape index (κ3) is 2.20. The van der Waals surface area contributed by atoms with Crippen molar-refractivity contribution in [2.75, 3.05) is 0 Å². The van der Waals surface area contributed by atoms with E-state index in [4.69, 9.17) is 22.1 Å². The van der Waals surface area contributed by atoms with Crippen molar-refractivity contribution in [2.24, 2.45) is 23.5 Å². The van der Waals surface area contributed by atoms with Crippen molar-refractivity contribution in [1.29, 1.82) is 0 Å². The van der Waals surface area contributed by atoms with E-state index in [1.54, 1.807) is 12.3 Å². The molecule has 2 aromatic rings. The van der Waals surface area contributed by atoms with Gasteiger partial charge in [0.15, 0.2) is 0 Å². The maximum atomic E-state index is 11.9. The first kappa shape index (κ1) is 14.8. The van der Waals surface area contributed by atoms with Crippen molar-refractivity contribution in [3.8, 4) is 5.75 Å². The van der Waals surface area contributed by atoms with Gasteiger partial charge >= 0.3 is 0 Å². The molecule has 24 heavy (non-hydrogen) atoms. The molecule has 1 aromatic heterocycles. The van der Waals surface area contributed by atoms with Gasteiger partial charge in [-0.25, -0.2) is 0 Å². The van der Waals surface area contributed by atoms with Gasteiger partial charge < -0.3 is 15.5 Å². The Kier molecular flexibility index (Phi) is 3.08. The Morgan fingerprint density at radius 1 is 1.21 bits per heavy atom. The zero-order valence-corrected chi connectivity index (χ0v) is 14.2. The number of fused-ring (bicyclic) bond motifs is 1. The number of pyridine rings is 1. The van der Waals surface area contributed by atoms with Crippen molar-refractivity contribution in [3.63, 3.8) is 0 Å². The zero-order valence-electron chi connectivity index (χ0n) is 13.4. The van der Waals surface area contributed by atoms with Crippen LogP contribution < -0.4 is 16.0 Å². The van der Waals surface area contributed by atoms with Gasteiger partial charge in [0.25, 0.3) is 5.56 Å². The van der Waals surface area contributed by atoms with Crippen LogP contribution in [0, 0.1) is 17.8 Å². The maximum absolute atomic E-state index is 11.9. The summed E-state index contributed by atoms with van der Waals surface area (Å²) >= 11 is 6.41. The highest BCUT2D eigenvalue weighted by Crippen LogP contribution is 2.55. The number of aromatic amines is 1. The summed E-state index contributed by atoms with van der Waals surface area (Å²) in [6.07, 6.45) is 7.63. The smallest absolute Gasteiger partial charge is 0.255 e. The number of ether oxygens (including phenoxy) is 1. The lowest BCUT2D eigenvalue weighted by atomic mass is 9.52. The van der Waals surface area contributed by atoms with E-state index in [0.717, 1.165) is 24.1 Å². The Balaban J connectivity index is 1.49. The van der Waals surface area contributed by atoms with E-state index < -0.39 is 0 Å². The molecule has 4 aliphatic carbocycles. The molecular formula is C19H21ClN2O2. The molecule has 0 saturated heterocycles. The minimum Gasteiger partial charge on any atom is -0.488 e. The second kappa shape index (κ2) is 4.99. The molecule has 126 valence electrons. The predicted molar refractivity (Wildman–Crippen MR) is 94.5 cm³/mol. The lowest BCUT2D eigenvalue weighted by Gasteiger charge is -2.58. The van der Waals surface area contributed by atoms with E-state index in [1.165, 1.54) is 19.3 Å². The Morgan fingerprint density at radius 3 is 2.67 bits per heavy atom. The Hall–Kier alpha value is -1.52. The monoisotopic (exact) mass is 344 g/mol. The van der Waals surface area contributed by atoms with E-state index >= 15 is 0 Å². The van der Waals surface area contributed by atoms with Crippen molar-refractivity contribution < 1.29 is 4.74 Å². The first-order chi connectivity index (χ1) is 11.5. The molecule has 0 spiro atoms. The van der Waals surface area contributed by atoms with E-state index in [9.17, 15) is 4.79 Å². The molecule has 3 unspecified atom stereocenters. The van der Waals surface area contributed by atoms with Crippen LogP contribution >= 0.6 is 11.6 Å². The fourth-order valence-corrected chi connectivity index (χ4v) is 5.87. The van der Waals surface area contributed by atoms with E-state index in [0.29, 0.717) is 28.0 Å². The molecule has 6 rings (SSSR count). The Morgan fingerprint density at radius 2 is 1.96 bits per heavy atom. The third-order valence-corrected chi connectivity index (χ3v) is 6.62. The fourth-order valence-electron chi connectivity index (χ4n) is 5.66. The third-order valence-electron chi connectivity index (χ3n) is 6.32. The molecule has 5 heteroatoms. The molecule has 0 radical (unpaired) electrons. The number of hydrogen-bond donors (Lipinski definition) is 2. The van der Waals surface area contributed by atoms with Crippen molar-refractivity contribution in [1.82, 2.24) is 4.98 Å². The Labute approximate surface area is 145 Å². The molecule has 4 aliphatic rings. The van der Waals surface area contributed by atoms with E-state index in [2.05, 4.69) is 4.98 Å². The lowest BCUT2D eigenvalue weighted by Crippen LogP contribution is -2.62. The van der Waals surface area contributed by atoms with E-state index in [-0.39, 0.29) is 17.2 Å².